The summed E-state index contributed by atoms with van der Waals surface area (Å²) >= 11 is 0. The monoisotopic (exact) mass is 451 g/mol. The predicted octanol–water partition coefficient (Wildman–Crippen LogP) is 2.43. The van der Waals surface area contributed by atoms with Gasteiger partial charge in [-0.25, -0.2) is 0 Å². The highest BCUT2D eigenvalue weighted by Gasteiger charge is 2.28. The van der Waals surface area contributed by atoms with Gasteiger partial charge in [0.05, 0.1) is 5.56 Å². The number of nitrogens with one attached hydrogen (secondary N) is 1. The van der Waals surface area contributed by atoms with E-state index in [0.29, 0.717) is 23.8 Å². The van der Waals surface area contributed by atoms with Gasteiger partial charge in [-0.15, -0.1) is 0 Å². The lowest BCUT2D eigenvalue weighted by atomic mass is 9.88. The van der Waals surface area contributed by atoms with Gasteiger partial charge in [0.1, 0.15) is 30.6 Å². The van der Waals surface area contributed by atoms with E-state index in [2.05, 4.69) is 49.5 Å². The van der Waals surface area contributed by atoms with Crippen LogP contribution in [0.2, 0.25) is 0 Å². The maximum Gasteiger partial charge on any atom is 0.320 e. The Balaban J connectivity index is 1.49. The smallest absolute Gasteiger partial charge is 0.320 e. The van der Waals surface area contributed by atoms with Crippen molar-refractivity contribution in [1.82, 2.24) is 5.32 Å². The highest BCUT2D eigenvalue weighted by molar-refractivity contribution is 5.73. The topological polar surface area (TPSA) is 129 Å². The maximum atomic E-state index is 11.0. The van der Waals surface area contributed by atoms with E-state index in [1.165, 1.54) is 11.1 Å². The van der Waals surface area contributed by atoms with Crippen LogP contribution >= 0.6 is 0 Å². The van der Waals surface area contributed by atoms with Crippen molar-refractivity contribution in [3.8, 4) is 11.8 Å². The summed E-state index contributed by atoms with van der Waals surface area (Å²) in [4.78, 5) is 11.0. The normalized spacial score (nSPS) is 15.5. The molecule has 0 spiro atoms. The first kappa shape index (κ1) is 24.7. The van der Waals surface area contributed by atoms with Crippen molar-refractivity contribution in [2.24, 2.45) is 11.7 Å². The van der Waals surface area contributed by atoms with Crippen molar-refractivity contribution in [2.45, 2.75) is 57.2 Å². The zero-order valence-electron chi connectivity index (χ0n) is 19.3. The molecule has 0 amide bonds. The number of aliphatic hydroxyl groups excluding tert-OH is 1. The van der Waals surface area contributed by atoms with Crippen LogP contribution in [0.3, 0.4) is 0 Å². The van der Waals surface area contributed by atoms with E-state index in [1.807, 2.05) is 0 Å². The molecule has 1 aliphatic rings. The molecule has 0 heterocycles. The van der Waals surface area contributed by atoms with E-state index in [-0.39, 0.29) is 24.1 Å². The second-order valence-electron chi connectivity index (χ2n) is 9.53. The number of aliphatic carboxylic acids is 1. The number of nitriles is 1. The molecule has 2 aromatic carbocycles. The molecule has 33 heavy (non-hydrogen) atoms. The van der Waals surface area contributed by atoms with Crippen molar-refractivity contribution in [3.63, 3.8) is 0 Å². The van der Waals surface area contributed by atoms with Crippen LogP contribution in [0.15, 0.2) is 42.5 Å². The van der Waals surface area contributed by atoms with Crippen LogP contribution < -0.4 is 15.8 Å². The van der Waals surface area contributed by atoms with Crippen LogP contribution in [0.5, 0.6) is 5.75 Å². The highest BCUT2D eigenvalue weighted by Crippen LogP contribution is 2.32. The standard InChI is InChI=1S/C26H33N3O4/c1-26(2,13-17-10-18-6-3-4-7-19(18)11-17)29-15-21(30)16-33-24-9-5-8-20(22(24)14-27)12-23(28)25(31)32/h3-9,17,21,23,29-30H,10-13,15-16,28H2,1-2H3,(H,31,32)/t21-,23+/m0/s1. The Bertz CT molecular complexity index is 990. The summed E-state index contributed by atoms with van der Waals surface area (Å²) in [5.74, 6) is -0.234. The Morgan fingerprint density at radius 3 is 2.52 bits per heavy atom. The number of nitrogens with zero attached hydrogens (tertiary/aromatic N) is 1. The minimum Gasteiger partial charge on any atom is -0.489 e. The summed E-state index contributed by atoms with van der Waals surface area (Å²) in [6.07, 6.45) is 2.44. The van der Waals surface area contributed by atoms with E-state index in [4.69, 9.17) is 15.6 Å². The molecule has 0 radical (unpaired) electrons. The third-order valence-electron chi connectivity index (χ3n) is 6.16. The summed E-state index contributed by atoms with van der Waals surface area (Å²) in [6.45, 7) is 4.66. The largest absolute Gasteiger partial charge is 0.489 e. The van der Waals surface area contributed by atoms with Crippen molar-refractivity contribution in [1.29, 1.82) is 5.26 Å². The van der Waals surface area contributed by atoms with Gasteiger partial charge in [0.15, 0.2) is 0 Å². The van der Waals surface area contributed by atoms with Gasteiger partial charge in [-0.05, 0) is 68.2 Å². The highest BCUT2D eigenvalue weighted by atomic mass is 16.5. The van der Waals surface area contributed by atoms with Crippen molar-refractivity contribution < 1.29 is 19.7 Å². The predicted molar refractivity (Wildman–Crippen MR) is 126 cm³/mol. The molecule has 0 bridgehead atoms. The van der Waals surface area contributed by atoms with Crippen LogP contribution in [-0.2, 0) is 24.1 Å². The number of benzene rings is 2. The first-order valence-corrected chi connectivity index (χ1v) is 11.3. The molecule has 0 fully saturated rings. The number of nitrogens with two attached hydrogens (primary N) is 1. The third-order valence-corrected chi connectivity index (χ3v) is 6.16. The summed E-state index contributed by atoms with van der Waals surface area (Å²) < 4.78 is 5.71. The Labute approximate surface area is 195 Å². The van der Waals surface area contributed by atoms with Gasteiger partial charge in [-0.1, -0.05) is 36.4 Å². The molecule has 176 valence electrons. The van der Waals surface area contributed by atoms with Gasteiger partial charge in [0, 0.05) is 12.1 Å². The second-order valence-corrected chi connectivity index (χ2v) is 9.53. The van der Waals surface area contributed by atoms with Crippen molar-refractivity contribution >= 4 is 5.97 Å². The van der Waals surface area contributed by atoms with Gasteiger partial charge in [-0.2, -0.15) is 5.26 Å². The number of carboxylic acids is 1. The maximum absolute atomic E-state index is 11.0. The molecule has 0 saturated heterocycles. The zero-order valence-corrected chi connectivity index (χ0v) is 19.3. The molecular weight excluding hydrogens is 418 g/mol. The fourth-order valence-electron chi connectivity index (χ4n) is 4.55. The number of hydrogen-bond donors (Lipinski definition) is 4. The molecule has 5 N–H and O–H groups in total. The molecule has 3 rings (SSSR count). The Hall–Kier alpha value is -2.92. The van der Waals surface area contributed by atoms with Crippen molar-refractivity contribution in [3.05, 3.63) is 64.7 Å². The van der Waals surface area contributed by atoms with Gasteiger partial charge in [0.2, 0.25) is 0 Å². The number of ether oxygens (including phenoxy) is 1. The summed E-state index contributed by atoms with van der Waals surface area (Å²) in [6, 6.07) is 14.5. The number of carboxylic acid groups (broad SMARTS) is 1. The van der Waals surface area contributed by atoms with E-state index >= 15 is 0 Å². The average Bonchev–Trinajstić information content (AvgIpc) is 3.17. The molecule has 1 aliphatic carbocycles. The first-order chi connectivity index (χ1) is 15.7. The number of fused-ring (bicyclic) bond motifs is 1. The van der Waals surface area contributed by atoms with Gasteiger partial charge < -0.3 is 26.0 Å². The van der Waals surface area contributed by atoms with E-state index in [0.717, 1.165) is 19.3 Å². The first-order valence-electron chi connectivity index (χ1n) is 11.3. The van der Waals surface area contributed by atoms with Crippen LogP contribution in [0, 0.1) is 17.2 Å². The molecule has 0 aliphatic heterocycles. The number of carbonyl (C=O) groups is 1. The summed E-state index contributed by atoms with van der Waals surface area (Å²) in [5, 5.41) is 32.5. The number of hydrogen-bond acceptors (Lipinski definition) is 6. The minimum atomic E-state index is -1.13. The summed E-state index contributed by atoms with van der Waals surface area (Å²) in [7, 11) is 0. The van der Waals surface area contributed by atoms with Crippen LogP contribution in [-0.4, -0.2) is 47.0 Å². The van der Waals surface area contributed by atoms with Crippen LogP contribution in [0.1, 0.15) is 42.5 Å². The lowest BCUT2D eigenvalue weighted by Gasteiger charge is -2.30. The van der Waals surface area contributed by atoms with Gasteiger partial charge in [0.25, 0.3) is 0 Å². The minimum absolute atomic E-state index is 0.0149. The molecule has 7 nitrogen and oxygen atoms in total. The SMILES string of the molecule is CC(C)(CC1Cc2ccccc2C1)NC[C@H](O)COc1cccc(C[C@@H](N)C(=O)O)c1C#N. The molecule has 2 aromatic rings. The van der Waals surface area contributed by atoms with Crippen molar-refractivity contribution in [2.75, 3.05) is 13.2 Å². The molecule has 0 aromatic heterocycles. The number of aliphatic hydroxyl groups is 1. The Morgan fingerprint density at radius 1 is 1.24 bits per heavy atom. The van der Waals surface area contributed by atoms with Gasteiger partial charge >= 0.3 is 5.97 Å². The lowest BCUT2D eigenvalue weighted by molar-refractivity contribution is -0.138. The second kappa shape index (κ2) is 10.8. The Kier molecular flexibility index (Phi) is 8.09. The van der Waals surface area contributed by atoms with E-state index < -0.39 is 18.1 Å². The number of rotatable bonds is 11. The zero-order chi connectivity index (χ0) is 24.0. The quantitative estimate of drug-likeness (QED) is 0.413. The fraction of sp³-hybridized carbons (Fsp3) is 0.462. The van der Waals surface area contributed by atoms with Gasteiger partial charge in [-0.3, -0.25) is 4.79 Å². The van der Waals surface area contributed by atoms with Crippen LogP contribution in [0.4, 0.5) is 0 Å². The summed E-state index contributed by atoms with van der Waals surface area (Å²) in [5.41, 5.74) is 9.10. The fourth-order valence-corrected chi connectivity index (χ4v) is 4.55. The average molecular weight is 452 g/mol. The van der Waals surface area contributed by atoms with E-state index in [1.54, 1.807) is 18.2 Å². The Morgan fingerprint density at radius 2 is 1.91 bits per heavy atom. The van der Waals surface area contributed by atoms with E-state index in [9.17, 15) is 15.2 Å². The molecule has 0 saturated carbocycles. The molecule has 7 heteroatoms. The molecular formula is C26H33N3O4. The number of β-amino-alcohol motifs (C(OH)–C–C–N with tert-alkyl or cyclic N) is 1. The molecule has 2 atom stereocenters. The lowest BCUT2D eigenvalue weighted by Crippen LogP contribution is -2.46. The third kappa shape index (κ3) is 6.78. The van der Waals surface area contributed by atoms with Crippen LogP contribution in [0.25, 0.3) is 0 Å². The molecule has 0 unspecified atom stereocenters.